The zero-order valence-corrected chi connectivity index (χ0v) is 16.0. The zero-order chi connectivity index (χ0) is 19.2. The smallest absolute Gasteiger partial charge is 0.274 e. The molecule has 0 aliphatic heterocycles. The minimum atomic E-state index is -0.258. The first-order valence-corrected chi connectivity index (χ1v) is 9.09. The molecule has 0 aliphatic carbocycles. The molecule has 138 valence electrons. The SMILES string of the molecule is Cc1cccc(NC(=O)c2cc(C)nc(NCCc3ccc(Cl)cc3)n2)c1. The molecular weight excluding hydrogens is 360 g/mol. The summed E-state index contributed by atoms with van der Waals surface area (Å²) in [7, 11) is 0. The van der Waals surface area contributed by atoms with Gasteiger partial charge in [0, 0.05) is 22.9 Å². The van der Waals surface area contributed by atoms with Gasteiger partial charge in [0.05, 0.1) is 0 Å². The fourth-order valence-corrected chi connectivity index (χ4v) is 2.78. The zero-order valence-electron chi connectivity index (χ0n) is 15.3. The lowest BCUT2D eigenvalue weighted by Crippen LogP contribution is -2.17. The lowest BCUT2D eigenvalue weighted by molar-refractivity contribution is 0.102. The van der Waals surface area contributed by atoms with Crippen LogP contribution in [-0.4, -0.2) is 22.4 Å². The molecule has 0 saturated carbocycles. The number of anilines is 2. The number of aromatic nitrogens is 2. The van der Waals surface area contributed by atoms with E-state index in [1.54, 1.807) is 6.07 Å². The molecule has 2 aromatic carbocycles. The number of benzene rings is 2. The number of carbonyl (C=O) groups is 1. The maximum absolute atomic E-state index is 12.5. The number of halogens is 1. The minimum Gasteiger partial charge on any atom is -0.354 e. The molecule has 3 aromatic rings. The molecule has 0 fully saturated rings. The summed E-state index contributed by atoms with van der Waals surface area (Å²) >= 11 is 5.90. The Morgan fingerprint density at radius 1 is 1.04 bits per heavy atom. The highest BCUT2D eigenvalue weighted by atomic mass is 35.5. The molecule has 3 rings (SSSR count). The number of hydrogen-bond donors (Lipinski definition) is 2. The Morgan fingerprint density at radius 2 is 1.81 bits per heavy atom. The van der Waals surface area contributed by atoms with Crippen molar-refractivity contribution in [3.05, 3.63) is 82.1 Å². The minimum absolute atomic E-state index is 0.258. The molecule has 1 amide bonds. The van der Waals surface area contributed by atoms with Crippen molar-refractivity contribution in [3.8, 4) is 0 Å². The van der Waals surface area contributed by atoms with Gasteiger partial charge in [-0.2, -0.15) is 0 Å². The number of amides is 1. The van der Waals surface area contributed by atoms with Gasteiger partial charge in [0.1, 0.15) is 5.69 Å². The monoisotopic (exact) mass is 380 g/mol. The highest BCUT2D eigenvalue weighted by Crippen LogP contribution is 2.13. The quantitative estimate of drug-likeness (QED) is 0.653. The van der Waals surface area contributed by atoms with Crippen molar-refractivity contribution in [3.63, 3.8) is 0 Å². The van der Waals surface area contributed by atoms with Gasteiger partial charge in [-0.3, -0.25) is 4.79 Å². The number of carbonyl (C=O) groups excluding carboxylic acids is 1. The third-order valence-corrected chi connectivity index (χ3v) is 4.22. The van der Waals surface area contributed by atoms with Crippen molar-refractivity contribution in [2.75, 3.05) is 17.2 Å². The van der Waals surface area contributed by atoms with Crippen molar-refractivity contribution in [1.29, 1.82) is 0 Å². The molecule has 5 nitrogen and oxygen atoms in total. The highest BCUT2D eigenvalue weighted by molar-refractivity contribution is 6.30. The number of rotatable bonds is 6. The van der Waals surface area contributed by atoms with E-state index in [1.165, 1.54) is 0 Å². The molecule has 27 heavy (non-hydrogen) atoms. The Balaban J connectivity index is 1.64. The number of hydrogen-bond acceptors (Lipinski definition) is 4. The van der Waals surface area contributed by atoms with Gasteiger partial charge in [0.25, 0.3) is 5.91 Å². The van der Waals surface area contributed by atoms with Crippen LogP contribution in [0, 0.1) is 13.8 Å². The van der Waals surface area contributed by atoms with E-state index in [0.29, 0.717) is 18.2 Å². The predicted molar refractivity (Wildman–Crippen MR) is 110 cm³/mol. The second-order valence-corrected chi connectivity index (χ2v) is 6.78. The molecule has 0 spiro atoms. The summed E-state index contributed by atoms with van der Waals surface area (Å²) in [4.78, 5) is 21.2. The standard InChI is InChI=1S/C21H21ClN4O/c1-14-4-3-5-18(12-14)25-20(27)19-13-15(2)24-21(26-19)23-11-10-16-6-8-17(22)9-7-16/h3-9,12-13H,10-11H2,1-2H3,(H,25,27)(H,23,24,26). The molecule has 0 aliphatic rings. The molecule has 2 N–H and O–H groups in total. The fourth-order valence-electron chi connectivity index (χ4n) is 2.65. The first kappa shape index (κ1) is 18.9. The molecule has 0 saturated heterocycles. The van der Waals surface area contributed by atoms with Crippen LogP contribution in [0.4, 0.5) is 11.6 Å². The van der Waals surface area contributed by atoms with E-state index in [4.69, 9.17) is 11.6 Å². The van der Waals surface area contributed by atoms with E-state index in [9.17, 15) is 4.79 Å². The summed E-state index contributed by atoms with van der Waals surface area (Å²) in [5.74, 6) is 0.185. The Labute approximate surface area is 163 Å². The normalized spacial score (nSPS) is 10.5. The van der Waals surface area contributed by atoms with Crippen LogP contribution in [0.5, 0.6) is 0 Å². The summed E-state index contributed by atoms with van der Waals surface area (Å²) < 4.78 is 0. The lowest BCUT2D eigenvalue weighted by atomic mass is 10.1. The summed E-state index contributed by atoms with van der Waals surface area (Å²) in [5, 5.41) is 6.77. The molecule has 0 atom stereocenters. The Kier molecular flexibility index (Phi) is 6.04. The van der Waals surface area contributed by atoms with Gasteiger partial charge in [0.2, 0.25) is 5.95 Å². The van der Waals surface area contributed by atoms with Gasteiger partial charge >= 0.3 is 0 Å². The van der Waals surface area contributed by atoms with E-state index in [2.05, 4.69) is 20.6 Å². The Morgan fingerprint density at radius 3 is 2.56 bits per heavy atom. The Bertz CT molecular complexity index is 941. The number of nitrogens with one attached hydrogen (secondary N) is 2. The van der Waals surface area contributed by atoms with Crippen LogP contribution in [0.3, 0.4) is 0 Å². The first-order chi connectivity index (χ1) is 13.0. The van der Waals surface area contributed by atoms with Gasteiger partial charge < -0.3 is 10.6 Å². The molecule has 6 heteroatoms. The van der Waals surface area contributed by atoms with Crippen molar-refractivity contribution >= 4 is 29.1 Å². The van der Waals surface area contributed by atoms with Crippen molar-refractivity contribution < 1.29 is 4.79 Å². The third kappa shape index (κ3) is 5.53. The topological polar surface area (TPSA) is 66.9 Å². The molecule has 0 radical (unpaired) electrons. The summed E-state index contributed by atoms with van der Waals surface area (Å²) in [5.41, 5.74) is 4.05. The van der Waals surface area contributed by atoms with E-state index < -0.39 is 0 Å². The summed E-state index contributed by atoms with van der Waals surface area (Å²) in [6.45, 7) is 4.48. The molecule has 0 unspecified atom stereocenters. The van der Waals surface area contributed by atoms with Gasteiger partial charge in [-0.15, -0.1) is 0 Å². The van der Waals surface area contributed by atoms with E-state index in [0.717, 1.165) is 34.0 Å². The Hall–Kier alpha value is -2.92. The predicted octanol–water partition coefficient (Wildman–Crippen LogP) is 4.65. The van der Waals surface area contributed by atoms with Gasteiger partial charge in [-0.1, -0.05) is 35.9 Å². The summed E-state index contributed by atoms with van der Waals surface area (Å²) in [6.07, 6.45) is 0.805. The second-order valence-electron chi connectivity index (χ2n) is 6.35. The van der Waals surface area contributed by atoms with Crippen molar-refractivity contribution in [2.24, 2.45) is 0 Å². The maximum Gasteiger partial charge on any atom is 0.274 e. The van der Waals surface area contributed by atoms with E-state index >= 15 is 0 Å². The van der Waals surface area contributed by atoms with Gasteiger partial charge in [-0.25, -0.2) is 9.97 Å². The van der Waals surface area contributed by atoms with Gasteiger partial charge in [0.15, 0.2) is 0 Å². The van der Waals surface area contributed by atoms with Crippen LogP contribution in [0.1, 0.15) is 27.3 Å². The van der Waals surface area contributed by atoms with Crippen molar-refractivity contribution in [1.82, 2.24) is 9.97 Å². The summed E-state index contributed by atoms with van der Waals surface area (Å²) in [6, 6.07) is 17.0. The molecule has 1 aromatic heterocycles. The third-order valence-electron chi connectivity index (χ3n) is 3.97. The number of aryl methyl sites for hydroxylation is 2. The highest BCUT2D eigenvalue weighted by Gasteiger charge is 2.11. The van der Waals surface area contributed by atoms with E-state index in [-0.39, 0.29) is 5.91 Å². The van der Waals surface area contributed by atoms with Gasteiger partial charge in [-0.05, 0) is 61.7 Å². The molecule has 0 bridgehead atoms. The largest absolute Gasteiger partial charge is 0.354 e. The molecular formula is C21H21ClN4O. The first-order valence-electron chi connectivity index (χ1n) is 8.71. The van der Waals surface area contributed by atoms with Crippen molar-refractivity contribution in [2.45, 2.75) is 20.3 Å². The van der Waals surface area contributed by atoms with Crippen LogP contribution in [0.2, 0.25) is 5.02 Å². The lowest BCUT2D eigenvalue weighted by Gasteiger charge is -2.09. The second kappa shape index (κ2) is 8.64. The maximum atomic E-state index is 12.5. The average molecular weight is 381 g/mol. The van der Waals surface area contributed by atoms with Crippen LogP contribution < -0.4 is 10.6 Å². The van der Waals surface area contributed by atoms with Crippen LogP contribution in [0.25, 0.3) is 0 Å². The number of nitrogens with zero attached hydrogens (tertiary/aromatic N) is 2. The van der Waals surface area contributed by atoms with E-state index in [1.807, 2.05) is 62.4 Å². The van der Waals surface area contributed by atoms with Crippen LogP contribution in [0.15, 0.2) is 54.6 Å². The van der Waals surface area contributed by atoms with Crippen LogP contribution in [-0.2, 0) is 6.42 Å². The molecule has 1 heterocycles. The average Bonchev–Trinajstić information content (AvgIpc) is 2.63. The fraction of sp³-hybridized carbons (Fsp3) is 0.190. The van der Waals surface area contributed by atoms with Crippen LogP contribution >= 0.6 is 11.6 Å².